The number of benzene rings is 2. The van der Waals surface area contributed by atoms with Crippen molar-refractivity contribution in [2.24, 2.45) is 0 Å². The first kappa shape index (κ1) is 16.9. The summed E-state index contributed by atoms with van der Waals surface area (Å²) in [5.74, 6) is 0.0965. The molecule has 0 spiro atoms. The Hall–Kier alpha value is -2.99. The van der Waals surface area contributed by atoms with Gasteiger partial charge in [-0.15, -0.1) is 5.10 Å². The van der Waals surface area contributed by atoms with Crippen molar-refractivity contribution in [1.82, 2.24) is 14.8 Å². The predicted octanol–water partition coefficient (Wildman–Crippen LogP) is 3.68. The minimum atomic E-state index is -0.448. The molecule has 0 aliphatic rings. The summed E-state index contributed by atoms with van der Waals surface area (Å²) in [6.07, 6.45) is 0. The van der Waals surface area contributed by atoms with E-state index in [2.05, 4.69) is 15.4 Å². The van der Waals surface area contributed by atoms with Crippen LogP contribution in [0.15, 0.2) is 48.5 Å². The molecule has 0 saturated carbocycles. The highest BCUT2D eigenvalue weighted by Gasteiger charge is 2.16. The molecule has 126 valence electrons. The van der Waals surface area contributed by atoms with E-state index >= 15 is 0 Å². The van der Waals surface area contributed by atoms with Crippen molar-refractivity contribution in [2.45, 2.75) is 13.8 Å². The Bertz CT molecular complexity index is 948. The van der Waals surface area contributed by atoms with Crippen LogP contribution in [0.2, 0.25) is 5.02 Å². The summed E-state index contributed by atoms with van der Waals surface area (Å²) in [6.45, 7) is 3.23. The number of anilines is 1. The molecule has 1 amide bonds. The van der Waals surface area contributed by atoms with Crippen molar-refractivity contribution < 1.29 is 9.59 Å². The number of hydrogen-bond acceptors (Lipinski definition) is 4. The zero-order chi connectivity index (χ0) is 18.0. The van der Waals surface area contributed by atoms with Gasteiger partial charge in [0, 0.05) is 16.3 Å². The number of nitrogens with one attached hydrogen (secondary N) is 1. The molecule has 0 aliphatic carbocycles. The molecular weight excluding hydrogens is 340 g/mol. The lowest BCUT2D eigenvalue weighted by Crippen LogP contribution is -2.14. The molecule has 0 unspecified atom stereocenters. The summed E-state index contributed by atoms with van der Waals surface area (Å²) in [5, 5.41) is 7.57. The highest BCUT2D eigenvalue weighted by molar-refractivity contribution is 6.30. The van der Waals surface area contributed by atoms with Crippen molar-refractivity contribution in [1.29, 1.82) is 0 Å². The second-order valence-corrected chi connectivity index (χ2v) is 5.90. The van der Waals surface area contributed by atoms with Gasteiger partial charge in [0.25, 0.3) is 5.91 Å². The number of aromatic nitrogens is 3. The summed E-state index contributed by atoms with van der Waals surface area (Å²) in [4.78, 5) is 28.0. The van der Waals surface area contributed by atoms with Crippen LogP contribution in [-0.2, 0) is 0 Å². The van der Waals surface area contributed by atoms with E-state index in [4.69, 9.17) is 11.6 Å². The Morgan fingerprint density at radius 1 is 1.12 bits per heavy atom. The Morgan fingerprint density at radius 3 is 2.52 bits per heavy atom. The molecule has 2 aromatic carbocycles. The fourth-order valence-corrected chi connectivity index (χ4v) is 2.44. The number of Topliss-reactive ketones (excluding diaryl/α,β-unsaturated/α-hetero) is 1. The summed E-state index contributed by atoms with van der Waals surface area (Å²) < 4.78 is 1.57. The highest BCUT2D eigenvalue weighted by atomic mass is 35.5. The van der Waals surface area contributed by atoms with Crippen LogP contribution in [0.5, 0.6) is 0 Å². The first-order chi connectivity index (χ1) is 11.9. The fourth-order valence-electron chi connectivity index (χ4n) is 2.32. The van der Waals surface area contributed by atoms with Gasteiger partial charge in [-0.2, -0.15) is 0 Å². The molecule has 0 radical (unpaired) electrons. The van der Waals surface area contributed by atoms with Gasteiger partial charge >= 0.3 is 0 Å². The zero-order valence-electron chi connectivity index (χ0n) is 13.7. The molecule has 0 bridgehead atoms. The Morgan fingerprint density at radius 2 is 1.84 bits per heavy atom. The van der Waals surface area contributed by atoms with Crippen LogP contribution in [0.4, 0.5) is 5.69 Å². The molecule has 0 atom stereocenters. The normalized spacial score (nSPS) is 10.5. The highest BCUT2D eigenvalue weighted by Crippen LogP contribution is 2.15. The van der Waals surface area contributed by atoms with Gasteiger partial charge in [0.1, 0.15) is 5.82 Å². The van der Waals surface area contributed by atoms with Gasteiger partial charge in [0.15, 0.2) is 5.78 Å². The molecule has 7 heteroatoms. The van der Waals surface area contributed by atoms with Crippen LogP contribution in [0.1, 0.15) is 33.7 Å². The summed E-state index contributed by atoms with van der Waals surface area (Å²) >= 11 is 5.89. The Kier molecular flexibility index (Phi) is 4.63. The number of carbonyl (C=O) groups excluding carboxylic acids is 2. The molecule has 1 heterocycles. The van der Waals surface area contributed by atoms with Crippen LogP contribution in [0, 0.1) is 6.92 Å². The van der Waals surface area contributed by atoms with Crippen molar-refractivity contribution in [2.75, 3.05) is 5.32 Å². The molecule has 6 nitrogen and oxygen atoms in total. The summed E-state index contributed by atoms with van der Waals surface area (Å²) in [6, 6.07) is 13.8. The number of amides is 1. The Balaban J connectivity index is 1.84. The van der Waals surface area contributed by atoms with Crippen LogP contribution in [0.25, 0.3) is 5.69 Å². The number of carbonyl (C=O) groups is 2. The third kappa shape index (κ3) is 3.75. The smallest absolute Gasteiger partial charge is 0.295 e. The maximum absolute atomic E-state index is 12.4. The van der Waals surface area contributed by atoms with Crippen LogP contribution >= 0.6 is 11.6 Å². The standard InChI is InChI=1S/C18H15ClN4O2/c1-11(24)13-4-3-5-15(10-13)21-18(25)17-20-12(2)23(22-17)16-8-6-14(19)7-9-16/h3-10H,1-2H3,(H,21,25). The average Bonchev–Trinajstić information content (AvgIpc) is 2.98. The Labute approximate surface area is 149 Å². The quantitative estimate of drug-likeness (QED) is 0.725. The van der Waals surface area contributed by atoms with E-state index in [-0.39, 0.29) is 11.6 Å². The van der Waals surface area contributed by atoms with Crippen LogP contribution in [-0.4, -0.2) is 26.5 Å². The first-order valence-corrected chi connectivity index (χ1v) is 7.94. The molecule has 0 fully saturated rings. The van der Waals surface area contributed by atoms with Crippen LogP contribution < -0.4 is 5.32 Å². The molecule has 25 heavy (non-hydrogen) atoms. The average molecular weight is 355 g/mol. The number of halogens is 1. The topological polar surface area (TPSA) is 76.9 Å². The molecular formula is C18H15ClN4O2. The van der Waals surface area contributed by atoms with Gasteiger partial charge in [-0.1, -0.05) is 23.7 Å². The number of hydrogen-bond donors (Lipinski definition) is 1. The number of nitrogens with zero attached hydrogens (tertiary/aromatic N) is 3. The van der Waals surface area contributed by atoms with Crippen LogP contribution in [0.3, 0.4) is 0 Å². The predicted molar refractivity (Wildman–Crippen MR) is 95.5 cm³/mol. The summed E-state index contributed by atoms with van der Waals surface area (Å²) in [7, 11) is 0. The van der Waals surface area contributed by atoms with E-state index in [1.807, 2.05) is 0 Å². The van der Waals surface area contributed by atoms with Crippen molar-refractivity contribution in [3.8, 4) is 5.69 Å². The van der Waals surface area contributed by atoms with Gasteiger partial charge < -0.3 is 5.32 Å². The number of rotatable bonds is 4. The maximum atomic E-state index is 12.4. The van der Waals surface area contributed by atoms with E-state index in [1.54, 1.807) is 60.1 Å². The van der Waals surface area contributed by atoms with Gasteiger partial charge in [-0.05, 0) is 50.2 Å². The lowest BCUT2D eigenvalue weighted by molar-refractivity contribution is 0.100. The largest absolute Gasteiger partial charge is 0.319 e. The molecule has 1 aromatic heterocycles. The van der Waals surface area contributed by atoms with E-state index in [1.165, 1.54) is 6.92 Å². The van der Waals surface area contributed by atoms with Crippen molar-refractivity contribution in [3.05, 3.63) is 70.8 Å². The van der Waals surface area contributed by atoms with Gasteiger partial charge in [0.2, 0.25) is 5.82 Å². The number of ketones is 1. The molecule has 0 saturated heterocycles. The monoisotopic (exact) mass is 354 g/mol. The lowest BCUT2D eigenvalue weighted by Gasteiger charge is -2.04. The van der Waals surface area contributed by atoms with E-state index in [0.717, 1.165) is 5.69 Å². The van der Waals surface area contributed by atoms with E-state index < -0.39 is 5.91 Å². The molecule has 3 rings (SSSR count). The summed E-state index contributed by atoms with van der Waals surface area (Å²) in [5.41, 5.74) is 1.79. The minimum Gasteiger partial charge on any atom is -0.319 e. The van der Waals surface area contributed by atoms with Crippen molar-refractivity contribution >= 4 is 29.0 Å². The zero-order valence-corrected chi connectivity index (χ0v) is 14.4. The van der Waals surface area contributed by atoms with E-state index in [9.17, 15) is 9.59 Å². The molecule has 3 aromatic rings. The van der Waals surface area contributed by atoms with Gasteiger partial charge in [-0.3, -0.25) is 9.59 Å². The van der Waals surface area contributed by atoms with Crippen molar-refractivity contribution in [3.63, 3.8) is 0 Å². The SMILES string of the molecule is CC(=O)c1cccc(NC(=O)c2nc(C)n(-c3ccc(Cl)cc3)n2)c1. The second-order valence-electron chi connectivity index (χ2n) is 5.46. The third-order valence-electron chi connectivity index (χ3n) is 3.57. The van der Waals surface area contributed by atoms with Gasteiger partial charge in [0.05, 0.1) is 5.69 Å². The molecule has 0 aliphatic heterocycles. The lowest BCUT2D eigenvalue weighted by atomic mass is 10.1. The minimum absolute atomic E-state index is 0.0423. The third-order valence-corrected chi connectivity index (χ3v) is 3.82. The fraction of sp³-hybridized carbons (Fsp3) is 0.111. The number of aryl methyl sites for hydroxylation is 1. The first-order valence-electron chi connectivity index (χ1n) is 7.56. The van der Waals surface area contributed by atoms with E-state index in [0.29, 0.717) is 22.1 Å². The second kappa shape index (κ2) is 6.86. The maximum Gasteiger partial charge on any atom is 0.295 e. The molecule has 1 N–H and O–H groups in total. The van der Waals surface area contributed by atoms with Gasteiger partial charge in [-0.25, -0.2) is 9.67 Å².